The van der Waals surface area contributed by atoms with E-state index in [1.807, 2.05) is 13.8 Å². The number of rotatable bonds is 5. The zero-order valence-corrected chi connectivity index (χ0v) is 16.9. The molecule has 1 saturated heterocycles. The molecule has 0 bridgehead atoms. The summed E-state index contributed by atoms with van der Waals surface area (Å²) >= 11 is 0. The molecular formula is C23H27FN2O3. The van der Waals surface area contributed by atoms with Crippen LogP contribution in [0.4, 0.5) is 10.1 Å². The van der Waals surface area contributed by atoms with Crippen molar-refractivity contribution in [1.82, 2.24) is 5.32 Å². The smallest absolute Gasteiger partial charge is 0.251 e. The highest BCUT2D eigenvalue weighted by atomic mass is 19.1. The Morgan fingerprint density at radius 3 is 2.48 bits per heavy atom. The van der Waals surface area contributed by atoms with E-state index in [0.29, 0.717) is 35.6 Å². The van der Waals surface area contributed by atoms with Gasteiger partial charge in [-0.15, -0.1) is 0 Å². The number of nitrogens with one attached hydrogen (secondary N) is 1. The molecule has 1 aliphatic rings. The summed E-state index contributed by atoms with van der Waals surface area (Å²) in [6.45, 7) is 12.2. The summed E-state index contributed by atoms with van der Waals surface area (Å²) in [5.74, 6) is -1.00. The van der Waals surface area contributed by atoms with E-state index in [1.165, 1.54) is 6.07 Å². The Bertz CT molecular complexity index is 890. The normalized spacial score (nSPS) is 13.8. The SMILES string of the molecule is C=Nc1ccc(-c2ccc(C(=O)NC3CCOCC3)cc2F)cc1C(=C)O.CC. The van der Waals surface area contributed by atoms with E-state index in [0.717, 1.165) is 12.8 Å². The predicted molar refractivity (Wildman–Crippen MR) is 115 cm³/mol. The lowest BCUT2D eigenvalue weighted by Crippen LogP contribution is -2.38. The molecule has 1 heterocycles. The van der Waals surface area contributed by atoms with E-state index in [2.05, 4.69) is 23.6 Å². The third-order valence-corrected chi connectivity index (χ3v) is 4.58. The number of amides is 1. The van der Waals surface area contributed by atoms with Crippen molar-refractivity contribution in [1.29, 1.82) is 0 Å². The second kappa shape index (κ2) is 10.5. The van der Waals surface area contributed by atoms with Crippen molar-refractivity contribution in [2.24, 2.45) is 4.99 Å². The molecule has 0 aliphatic carbocycles. The Morgan fingerprint density at radius 1 is 1.21 bits per heavy atom. The minimum atomic E-state index is -0.525. The molecule has 0 radical (unpaired) electrons. The Morgan fingerprint density at radius 2 is 1.90 bits per heavy atom. The second-order valence-corrected chi connectivity index (χ2v) is 6.39. The van der Waals surface area contributed by atoms with E-state index < -0.39 is 5.82 Å². The van der Waals surface area contributed by atoms with E-state index in [-0.39, 0.29) is 23.3 Å². The van der Waals surface area contributed by atoms with Gasteiger partial charge in [-0.3, -0.25) is 9.79 Å². The summed E-state index contributed by atoms with van der Waals surface area (Å²) in [5, 5.41) is 12.6. The lowest BCUT2D eigenvalue weighted by Gasteiger charge is -2.23. The summed E-state index contributed by atoms with van der Waals surface area (Å²) in [4.78, 5) is 16.2. The molecule has 0 spiro atoms. The molecule has 2 aromatic carbocycles. The molecule has 2 aromatic rings. The van der Waals surface area contributed by atoms with Gasteiger partial charge in [-0.05, 0) is 49.4 Å². The quantitative estimate of drug-likeness (QED) is 0.531. The highest BCUT2D eigenvalue weighted by molar-refractivity contribution is 5.95. The number of aliphatic imine (C=N–C) groups is 1. The van der Waals surface area contributed by atoms with Crippen molar-refractivity contribution in [3.8, 4) is 11.1 Å². The molecule has 0 unspecified atom stereocenters. The van der Waals surface area contributed by atoms with E-state index >= 15 is 0 Å². The Kier molecular flexibility index (Phi) is 8.09. The average Bonchev–Trinajstić information content (AvgIpc) is 2.75. The largest absolute Gasteiger partial charge is 0.508 e. The maximum Gasteiger partial charge on any atom is 0.251 e. The van der Waals surface area contributed by atoms with Gasteiger partial charge in [0.05, 0.1) is 5.69 Å². The van der Waals surface area contributed by atoms with Gasteiger partial charge in [0.15, 0.2) is 0 Å². The Balaban J connectivity index is 0.00000145. The number of aliphatic hydroxyl groups excluding tert-OH is 1. The van der Waals surface area contributed by atoms with Crippen molar-refractivity contribution in [3.05, 3.63) is 59.9 Å². The number of hydrogen-bond donors (Lipinski definition) is 2. The fourth-order valence-electron chi connectivity index (χ4n) is 3.07. The first kappa shape index (κ1) is 22.3. The number of halogens is 1. The molecule has 0 aromatic heterocycles. The lowest BCUT2D eigenvalue weighted by atomic mass is 9.99. The Labute approximate surface area is 170 Å². The zero-order chi connectivity index (χ0) is 21.4. The second-order valence-electron chi connectivity index (χ2n) is 6.39. The molecule has 154 valence electrons. The summed E-state index contributed by atoms with van der Waals surface area (Å²) in [6.07, 6.45) is 1.51. The fourth-order valence-corrected chi connectivity index (χ4v) is 3.07. The maximum absolute atomic E-state index is 14.7. The van der Waals surface area contributed by atoms with Gasteiger partial charge in [0.25, 0.3) is 5.91 Å². The number of hydrogen-bond acceptors (Lipinski definition) is 4. The van der Waals surface area contributed by atoms with Crippen LogP contribution in [0.2, 0.25) is 0 Å². The summed E-state index contributed by atoms with van der Waals surface area (Å²) in [5.41, 5.74) is 1.96. The molecule has 1 amide bonds. The van der Waals surface area contributed by atoms with Crippen LogP contribution in [-0.4, -0.2) is 37.0 Å². The van der Waals surface area contributed by atoms with Gasteiger partial charge in [0.1, 0.15) is 11.6 Å². The van der Waals surface area contributed by atoms with Gasteiger partial charge in [-0.1, -0.05) is 32.6 Å². The van der Waals surface area contributed by atoms with E-state index in [4.69, 9.17) is 4.74 Å². The molecule has 0 saturated carbocycles. The molecule has 5 nitrogen and oxygen atoms in total. The van der Waals surface area contributed by atoms with Crippen molar-refractivity contribution >= 4 is 24.1 Å². The molecule has 29 heavy (non-hydrogen) atoms. The van der Waals surface area contributed by atoms with Crippen LogP contribution in [0.1, 0.15) is 42.6 Å². The van der Waals surface area contributed by atoms with Crippen molar-refractivity contribution in [3.63, 3.8) is 0 Å². The monoisotopic (exact) mass is 398 g/mol. The van der Waals surface area contributed by atoms with Gasteiger partial charge in [-0.25, -0.2) is 4.39 Å². The maximum atomic E-state index is 14.7. The average molecular weight is 398 g/mol. The van der Waals surface area contributed by atoms with Crippen LogP contribution in [-0.2, 0) is 4.74 Å². The topological polar surface area (TPSA) is 70.9 Å². The third-order valence-electron chi connectivity index (χ3n) is 4.58. The van der Waals surface area contributed by atoms with Gasteiger partial charge < -0.3 is 15.2 Å². The number of carbonyl (C=O) groups is 1. The van der Waals surface area contributed by atoms with Crippen molar-refractivity contribution in [2.75, 3.05) is 13.2 Å². The number of ether oxygens (including phenoxy) is 1. The van der Waals surface area contributed by atoms with Crippen LogP contribution in [0, 0.1) is 5.82 Å². The summed E-state index contributed by atoms with van der Waals surface area (Å²) < 4.78 is 19.9. The number of nitrogens with zero attached hydrogens (tertiary/aromatic N) is 1. The van der Waals surface area contributed by atoms with Gasteiger partial charge >= 0.3 is 0 Å². The first-order valence-electron chi connectivity index (χ1n) is 9.67. The minimum Gasteiger partial charge on any atom is -0.508 e. The van der Waals surface area contributed by atoms with Crippen LogP contribution in [0.15, 0.2) is 48.0 Å². The van der Waals surface area contributed by atoms with Crippen LogP contribution in [0.3, 0.4) is 0 Å². The molecule has 6 heteroatoms. The number of carbonyl (C=O) groups excluding carboxylic acids is 1. The highest BCUT2D eigenvalue weighted by Gasteiger charge is 2.18. The van der Waals surface area contributed by atoms with E-state index in [1.54, 1.807) is 30.3 Å². The van der Waals surface area contributed by atoms with Gasteiger partial charge in [0, 0.05) is 35.9 Å². The standard InChI is InChI=1S/C21H21FN2O3.C2H6/c1-13(25)18-11-14(4-6-20(18)23-2)17-5-3-15(12-19(17)22)21(26)24-16-7-9-27-10-8-16;1-2/h3-6,11-12,16,25H,1-2,7-10H2,(H,24,26);1-2H3. The molecule has 3 rings (SSSR count). The predicted octanol–water partition coefficient (Wildman–Crippen LogP) is 5.29. The zero-order valence-electron chi connectivity index (χ0n) is 16.9. The van der Waals surface area contributed by atoms with Gasteiger partial charge in [0.2, 0.25) is 0 Å². The minimum absolute atomic E-state index is 0.0473. The first-order valence-corrected chi connectivity index (χ1v) is 9.67. The van der Waals surface area contributed by atoms with Gasteiger partial charge in [-0.2, -0.15) is 0 Å². The third kappa shape index (κ3) is 5.51. The number of benzene rings is 2. The fraction of sp³-hybridized carbons (Fsp3) is 0.304. The summed E-state index contributed by atoms with van der Waals surface area (Å²) in [6, 6.07) is 9.30. The van der Waals surface area contributed by atoms with Crippen molar-refractivity contribution in [2.45, 2.75) is 32.7 Å². The van der Waals surface area contributed by atoms with Crippen molar-refractivity contribution < 1.29 is 19.0 Å². The molecule has 2 N–H and O–H groups in total. The molecular weight excluding hydrogens is 371 g/mol. The Hall–Kier alpha value is -2.99. The van der Waals surface area contributed by atoms with Crippen LogP contribution >= 0.6 is 0 Å². The van der Waals surface area contributed by atoms with E-state index in [9.17, 15) is 14.3 Å². The molecule has 0 atom stereocenters. The highest BCUT2D eigenvalue weighted by Crippen LogP contribution is 2.31. The first-order chi connectivity index (χ1) is 14.0. The van der Waals surface area contributed by atoms with Crippen LogP contribution in [0.5, 0.6) is 0 Å². The summed E-state index contributed by atoms with van der Waals surface area (Å²) in [7, 11) is 0. The van der Waals surface area contributed by atoms with Crippen LogP contribution in [0.25, 0.3) is 16.9 Å². The molecule has 1 aliphatic heterocycles. The lowest BCUT2D eigenvalue weighted by molar-refractivity contribution is 0.0696. The molecule has 1 fully saturated rings. The van der Waals surface area contributed by atoms with Crippen LogP contribution < -0.4 is 5.32 Å². The number of aliphatic hydroxyl groups is 1.